The summed E-state index contributed by atoms with van der Waals surface area (Å²) in [4.78, 5) is 28.2. The van der Waals surface area contributed by atoms with Crippen LogP contribution >= 0.6 is 0 Å². The van der Waals surface area contributed by atoms with Gasteiger partial charge in [0.2, 0.25) is 11.8 Å². The van der Waals surface area contributed by atoms with Crippen molar-refractivity contribution >= 4 is 17.5 Å². The van der Waals surface area contributed by atoms with Gasteiger partial charge in [-0.15, -0.1) is 0 Å². The highest BCUT2D eigenvalue weighted by atomic mass is 16.2. The third-order valence-corrected chi connectivity index (χ3v) is 2.38. The van der Waals surface area contributed by atoms with Crippen molar-refractivity contribution in [3.63, 3.8) is 0 Å². The van der Waals surface area contributed by atoms with Crippen molar-refractivity contribution < 1.29 is 9.59 Å². The number of carbonyl (C=O) groups is 2. The minimum atomic E-state index is -0.283. The quantitative estimate of drug-likeness (QED) is 0.346. The molecule has 2 rings (SSSR count). The number of imide groups is 1. The van der Waals surface area contributed by atoms with Crippen LogP contribution in [0.1, 0.15) is 5.69 Å². The molecule has 1 aliphatic heterocycles. The number of aromatic nitrogens is 1. The van der Waals surface area contributed by atoms with Gasteiger partial charge in [0, 0.05) is 12.7 Å². The Bertz CT molecular complexity index is 432. The fraction of sp³-hybridized carbons (Fsp3) is 0.300. The van der Waals surface area contributed by atoms with Crippen molar-refractivity contribution in [2.24, 2.45) is 5.84 Å². The largest absolute Gasteiger partial charge is 0.324 e. The molecule has 2 amide bonds. The molecule has 4 N–H and O–H groups in total. The molecule has 90 valence electrons. The number of amides is 2. The number of nitrogen functional groups attached to an aromatic ring is 1. The maximum absolute atomic E-state index is 11.2. The van der Waals surface area contributed by atoms with E-state index >= 15 is 0 Å². The molecule has 0 aromatic carbocycles. The van der Waals surface area contributed by atoms with Crippen LogP contribution in [-0.2, 0) is 16.1 Å². The molecule has 1 saturated heterocycles. The van der Waals surface area contributed by atoms with Crippen molar-refractivity contribution in [3.05, 3.63) is 24.0 Å². The SMILES string of the molecule is NNc1ccnc(CN2CC(=O)NC(=O)C2)c1. The Labute approximate surface area is 98.0 Å². The Balaban J connectivity index is 2.04. The van der Waals surface area contributed by atoms with Gasteiger partial charge in [-0.2, -0.15) is 0 Å². The summed E-state index contributed by atoms with van der Waals surface area (Å²) in [5, 5.41) is 2.25. The Morgan fingerprint density at radius 2 is 2.12 bits per heavy atom. The van der Waals surface area contributed by atoms with Crippen LogP contribution in [0.25, 0.3) is 0 Å². The van der Waals surface area contributed by atoms with Gasteiger partial charge in [-0.1, -0.05) is 0 Å². The Morgan fingerprint density at radius 3 is 2.76 bits per heavy atom. The fourth-order valence-corrected chi connectivity index (χ4v) is 1.69. The van der Waals surface area contributed by atoms with E-state index in [0.717, 1.165) is 11.4 Å². The van der Waals surface area contributed by atoms with Gasteiger partial charge >= 0.3 is 0 Å². The summed E-state index contributed by atoms with van der Waals surface area (Å²) in [7, 11) is 0. The zero-order valence-corrected chi connectivity index (χ0v) is 9.14. The number of nitrogens with one attached hydrogen (secondary N) is 2. The zero-order chi connectivity index (χ0) is 12.3. The lowest BCUT2D eigenvalue weighted by Gasteiger charge is -2.24. The van der Waals surface area contributed by atoms with Crippen LogP contribution in [0.3, 0.4) is 0 Å². The number of piperazine rings is 1. The van der Waals surface area contributed by atoms with Crippen molar-refractivity contribution in [2.45, 2.75) is 6.54 Å². The number of hydrogen-bond donors (Lipinski definition) is 3. The molecule has 1 aliphatic rings. The van der Waals surface area contributed by atoms with Crippen LogP contribution in [0.4, 0.5) is 5.69 Å². The molecule has 0 unspecified atom stereocenters. The number of nitrogens with two attached hydrogens (primary N) is 1. The maximum Gasteiger partial charge on any atom is 0.240 e. The van der Waals surface area contributed by atoms with E-state index in [1.165, 1.54) is 0 Å². The lowest BCUT2D eigenvalue weighted by molar-refractivity contribution is -0.136. The molecule has 2 heterocycles. The molecule has 7 nitrogen and oxygen atoms in total. The lowest BCUT2D eigenvalue weighted by atomic mass is 10.2. The fourth-order valence-electron chi connectivity index (χ4n) is 1.69. The molecular formula is C10H13N5O2. The van der Waals surface area contributed by atoms with Crippen LogP contribution in [0.2, 0.25) is 0 Å². The highest BCUT2D eigenvalue weighted by molar-refractivity contribution is 5.99. The Morgan fingerprint density at radius 1 is 1.41 bits per heavy atom. The van der Waals surface area contributed by atoms with Gasteiger partial charge in [-0.05, 0) is 12.1 Å². The molecule has 0 aliphatic carbocycles. The summed E-state index contributed by atoms with van der Waals surface area (Å²) >= 11 is 0. The van der Waals surface area contributed by atoms with E-state index in [0.29, 0.717) is 6.54 Å². The summed E-state index contributed by atoms with van der Waals surface area (Å²) in [5.41, 5.74) is 4.01. The average Bonchev–Trinajstić information content (AvgIpc) is 2.28. The van der Waals surface area contributed by atoms with E-state index in [9.17, 15) is 9.59 Å². The summed E-state index contributed by atoms with van der Waals surface area (Å²) < 4.78 is 0. The van der Waals surface area contributed by atoms with E-state index in [4.69, 9.17) is 5.84 Å². The summed E-state index contributed by atoms with van der Waals surface area (Å²) in [6, 6.07) is 3.51. The second kappa shape index (κ2) is 4.89. The van der Waals surface area contributed by atoms with Gasteiger partial charge in [-0.25, -0.2) is 0 Å². The second-order valence-electron chi connectivity index (χ2n) is 3.80. The molecule has 1 aromatic heterocycles. The first-order chi connectivity index (χ1) is 8.17. The topological polar surface area (TPSA) is 100 Å². The predicted octanol–water partition coefficient (Wildman–Crippen LogP) is -1.17. The Kier molecular flexibility index (Phi) is 3.31. The lowest BCUT2D eigenvalue weighted by Crippen LogP contribution is -2.50. The van der Waals surface area contributed by atoms with Crippen LogP contribution in [0, 0.1) is 0 Å². The molecule has 0 bridgehead atoms. The Hall–Kier alpha value is -1.99. The minimum Gasteiger partial charge on any atom is -0.324 e. The first kappa shape index (κ1) is 11.5. The maximum atomic E-state index is 11.2. The van der Waals surface area contributed by atoms with E-state index < -0.39 is 0 Å². The summed E-state index contributed by atoms with van der Waals surface area (Å²) in [6.07, 6.45) is 1.62. The molecule has 0 radical (unpaired) electrons. The zero-order valence-electron chi connectivity index (χ0n) is 9.14. The van der Waals surface area contributed by atoms with Gasteiger partial charge < -0.3 is 5.43 Å². The monoisotopic (exact) mass is 235 g/mol. The second-order valence-corrected chi connectivity index (χ2v) is 3.80. The molecule has 7 heteroatoms. The van der Waals surface area contributed by atoms with Crippen molar-refractivity contribution in [1.29, 1.82) is 0 Å². The standard InChI is InChI=1S/C10H13N5O2/c11-14-7-1-2-12-8(3-7)4-15-5-9(16)13-10(17)6-15/h1-3H,4-6,11H2,(H,12,14)(H,13,16,17). The van der Waals surface area contributed by atoms with E-state index in [1.807, 2.05) is 0 Å². The molecule has 1 aromatic rings. The number of hydrazine groups is 1. The van der Waals surface area contributed by atoms with Crippen molar-refractivity contribution in [2.75, 3.05) is 18.5 Å². The average molecular weight is 235 g/mol. The highest BCUT2D eigenvalue weighted by Gasteiger charge is 2.22. The summed E-state index contributed by atoms with van der Waals surface area (Å²) in [6.45, 7) is 0.843. The number of hydrogen-bond acceptors (Lipinski definition) is 6. The van der Waals surface area contributed by atoms with Crippen molar-refractivity contribution in [1.82, 2.24) is 15.2 Å². The predicted molar refractivity (Wildman–Crippen MR) is 60.5 cm³/mol. The van der Waals surface area contributed by atoms with Crippen LogP contribution in [0.15, 0.2) is 18.3 Å². The van der Waals surface area contributed by atoms with E-state index in [1.54, 1.807) is 23.2 Å². The number of carbonyl (C=O) groups excluding carboxylic acids is 2. The van der Waals surface area contributed by atoms with Gasteiger partial charge in [-0.3, -0.25) is 30.6 Å². The molecule has 0 atom stereocenters. The minimum absolute atomic E-state index is 0.202. The summed E-state index contributed by atoms with van der Waals surface area (Å²) in [5.74, 6) is 4.72. The van der Waals surface area contributed by atoms with Gasteiger partial charge in [0.15, 0.2) is 0 Å². The number of anilines is 1. The molecule has 0 spiro atoms. The normalized spacial score (nSPS) is 16.8. The number of pyridine rings is 1. The molecular weight excluding hydrogens is 222 g/mol. The molecule has 0 saturated carbocycles. The number of rotatable bonds is 3. The first-order valence-electron chi connectivity index (χ1n) is 5.14. The molecule has 17 heavy (non-hydrogen) atoms. The van der Waals surface area contributed by atoms with Gasteiger partial charge in [0.25, 0.3) is 0 Å². The third-order valence-electron chi connectivity index (χ3n) is 2.38. The van der Waals surface area contributed by atoms with Crippen LogP contribution in [-0.4, -0.2) is 34.8 Å². The van der Waals surface area contributed by atoms with E-state index in [-0.39, 0.29) is 24.9 Å². The molecule has 1 fully saturated rings. The highest BCUT2D eigenvalue weighted by Crippen LogP contribution is 2.09. The number of nitrogens with zero attached hydrogens (tertiary/aromatic N) is 2. The third kappa shape index (κ3) is 2.99. The van der Waals surface area contributed by atoms with Crippen LogP contribution in [0.5, 0.6) is 0 Å². The van der Waals surface area contributed by atoms with Crippen LogP contribution < -0.4 is 16.6 Å². The van der Waals surface area contributed by atoms with E-state index in [2.05, 4.69) is 15.7 Å². The van der Waals surface area contributed by atoms with Crippen molar-refractivity contribution in [3.8, 4) is 0 Å². The van der Waals surface area contributed by atoms with Gasteiger partial charge in [0.1, 0.15) is 0 Å². The first-order valence-corrected chi connectivity index (χ1v) is 5.14. The van der Waals surface area contributed by atoms with Gasteiger partial charge in [0.05, 0.1) is 24.5 Å². The smallest absolute Gasteiger partial charge is 0.240 e.